The standard InChI is InChI=1S/C12H24N2O2/c1-2-3-6-13-7-4-8-14(11-10-13)9-5-12(15)16/h2-11H2,1H3,(H,15,16). The number of carboxylic acids is 1. The topological polar surface area (TPSA) is 43.8 Å². The van der Waals surface area contributed by atoms with E-state index in [0.29, 0.717) is 6.54 Å². The summed E-state index contributed by atoms with van der Waals surface area (Å²) in [4.78, 5) is 15.3. The Hall–Kier alpha value is -0.610. The lowest BCUT2D eigenvalue weighted by Crippen LogP contribution is -2.32. The molecular weight excluding hydrogens is 204 g/mol. The van der Waals surface area contributed by atoms with Crippen LogP contribution in [-0.2, 0) is 4.79 Å². The fraction of sp³-hybridized carbons (Fsp3) is 0.917. The van der Waals surface area contributed by atoms with Crippen LogP contribution in [0.4, 0.5) is 0 Å². The number of nitrogens with zero attached hydrogens (tertiary/aromatic N) is 2. The largest absolute Gasteiger partial charge is 0.481 e. The molecule has 0 aliphatic carbocycles. The van der Waals surface area contributed by atoms with Gasteiger partial charge >= 0.3 is 5.97 Å². The molecule has 1 fully saturated rings. The van der Waals surface area contributed by atoms with Crippen molar-refractivity contribution in [2.24, 2.45) is 0 Å². The van der Waals surface area contributed by atoms with E-state index in [1.165, 1.54) is 32.4 Å². The summed E-state index contributed by atoms with van der Waals surface area (Å²) >= 11 is 0. The highest BCUT2D eigenvalue weighted by atomic mass is 16.4. The van der Waals surface area contributed by atoms with Crippen molar-refractivity contribution in [1.29, 1.82) is 0 Å². The molecule has 0 saturated carbocycles. The van der Waals surface area contributed by atoms with Gasteiger partial charge in [0.1, 0.15) is 0 Å². The van der Waals surface area contributed by atoms with Crippen LogP contribution < -0.4 is 0 Å². The summed E-state index contributed by atoms with van der Waals surface area (Å²) in [6.45, 7) is 8.47. The highest BCUT2D eigenvalue weighted by Crippen LogP contribution is 2.05. The minimum absolute atomic E-state index is 0.273. The summed E-state index contributed by atoms with van der Waals surface area (Å²) in [7, 11) is 0. The zero-order valence-electron chi connectivity index (χ0n) is 10.3. The van der Waals surface area contributed by atoms with Gasteiger partial charge in [0, 0.05) is 19.6 Å². The first-order chi connectivity index (χ1) is 7.72. The Morgan fingerprint density at radius 1 is 1.12 bits per heavy atom. The van der Waals surface area contributed by atoms with Gasteiger partial charge in [0.25, 0.3) is 0 Å². The Morgan fingerprint density at radius 2 is 1.75 bits per heavy atom. The SMILES string of the molecule is CCCCN1CCCN(CCC(=O)O)CC1. The van der Waals surface area contributed by atoms with Crippen molar-refractivity contribution in [3.8, 4) is 0 Å². The van der Waals surface area contributed by atoms with Crippen LogP contribution in [0.3, 0.4) is 0 Å². The first kappa shape index (κ1) is 13.5. The van der Waals surface area contributed by atoms with Gasteiger partial charge in [-0.25, -0.2) is 0 Å². The molecule has 94 valence electrons. The molecule has 1 rings (SSSR count). The molecule has 16 heavy (non-hydrogen) atoms. The number of hydrogen-bond donors (Lipinski definition) is 1. The number of carbonyl (C=O) groups is 1. The number of carboxylic acid groups (broad SMARTS) is 1. The van der Waals surface area contributed by atoms with Crippen LogP contribution in [0, 0.1) is 0 Å². The van der Waals surface area contributed by atoms with Gasteiger partial charge in [-0.1, -0.05) is 13.3 Å². The van der Waals surface area contributed by atoms with Crippen molar-refractivity contribution < 1.29 is 9.90 Å². The Morgan fingerprint density at radius 3 is 2.31 bits per heavy atom. The van der Waals surface area contributed by atoms with Gasteiger partial charge < -0.3 is 14.9 Å². The molecular formula is C12H24N2O2. The minimum Gasteiger partial charge on any atom is -0.481 e. The molecule has 0 radical (unpaired) electrons. The molecule has 0 aromatic rings. The Balaban J connectivity index is 2.20. The van der Waals surface area contributed by atoms with Crippen molar-refractivity contribution >= 4 is 5.97 Å². The molecule has 0 bridgehead atoms. The van der Waals surface area contributed by atoms with E-state index < -0.39 is 5.97 Å². The third-order valence-electron chi connectivity index (χ3n) is 3.15. The maximum Gasteiger partial charge on any atom is 0.304 e. The van der Waals surface area contributed by atoms with Crippen LogP contribution >= 0.6 is 0 Å². The van der Waals surface area contributed by atoms with Crippen molar-refractivity contribution in [1.82, 2.24) is 9.80 Å². The Labute approximate surface area is 98.2 Å². The monoisotopic (exact) mass is 228 g/mol. The zero-order chi connectivity index (χ0) is 11.8. The average molecular weight is 228 g/mol. The lowest BCUT2D eigenvalue weighted by molar-refractivity contribution is -0.137. The normalized spacial score (nSPS) is 19.6. The maximum atomic E-state index is 10.5. The molecule has 0 aromatic heterocycles. The number of hydrogen-bond acceptors (Lipinski definition) is 3. The molecule has 4 nitrogen and oxygen atoms in total. The average Bonchev–Trinajstić information content (AvgIpc) is 2.48. The van der Waals surface area contributed by atoms with E-state index in [-0.39, 0.29) is 6.42 Å². The predicted molar refractivity (Wildman–Crippen MR) is 64.7 cm³/mol. The quantitative estimate of drug-likeness (QED) is 0.743. The van der Waals surface area contributed by atoms with E-state index in [0.717, 1.165) is 19.6 Å². The summed E-state index contributed by atoms with van der Waals surface area (Å²) in [5.41, 5.74) is 0. The predicted octanol–water partition coefficient (Wildman–Crippen LogP) is 1.27. The minimum atomic E-state index is -0.688. The van der Waals surface area contributed by atoms with Crippen LogP contribution in [0.25, 0.3) is 0 Å². The van der Waals surface area contributed by atoms with E-state index in [1.807, 2.05) is 0 Å². The highest BCUT2D eigenvalue weighted by Gasteiger charge is 2.14. The van der Waals surface area contributed by atoms with Crippen molar-refractivity contribution in [2.45, 2.75) is 32.6 Å². The van der Waals surface area contributed by atoms with E-state index in [2.05, 4.69) is 16.7 Å². The molecule has 0 aromatic carbocycles. The van der Waals surface area contributed by atoms with Gasteiger partial charge in [0.15, 0.2) is 0 Å². The summed E-state index contributed by atoms with van der Waals surface area (Å²) in [5.74, 6) is -0.688. The third kappa shape index (κ3) is 5.47. The van der Waals surface area contributed by atoms with Gasteiger partial charge in [-0.3, -0.25) is 4.79 Å². The van der Waals surface area contributed by atoms with Gasteiger partial charge in [-0.2, -0.15) is 0 Å². The van der Waals surface area contributed by atoms with E-state index in [9.17, 15) is 4.79 Å². The Bertz CT molecular complexity index is 209. The molecule has 1 aliphatic heterocycles. The first-order valence-corrected chi connectivity index (χ1v) is 6.39. The second-order valence-corrected chi connectivity index (χ2v) is 4.53. The second kappa shape index (κ2) is 7.63. The van der Waals surface area contributed by atoms with Crippen LogP contribution in [0.2, 0.25) is 0 Å². The fourth-order valence-electron chi connectivity index (χ4n) is 2.11. The van der Waals surface area contributed by atoms with Crippen LogP contribution in [0.5, 0.6) is 0 Å². The summed E-state index contributed by atoms with van der Waals surface area (Å²) in [5, 5.41) is 8.65. The van der Waals surface area contributed by atoms with Crippen molar-refractivity contribution in [3.63, 3.8) is 0 Å². The van der Waals surface area contributed by atoms with Crippen LogP contribution in [0.1, 0.15) is 32.6 Å². The van der Waals surface area contributed by atoms with Gasteiger partial charge in [0.2, 0.25) is 0 Å². The molecule has 4 heteroatoms. The van der Waals surface area contributed by atoms with Gasteiger partial charge in [-0.15, -0.1) is 0 Å². The smallest absolute Gasteiger partial charge is 0.304 e. The molecule has 0 atom stereocenters. The second-order valence-electron chi connectivity index (χ2n) is 4.53. The molecule has 0 spiro atoms. The van der Waals surface area contributed by atoms with Gasteiger partial charge in [0.05, 0.1) is 6.42 Å². The van der Waals surface area contributed by atoms with Crippen molar-refractivity contribution in [2.75, 3.05) is 39.3 Å². The summed E-state index contributed by atoms with van der Waals surface area (Å²) in [6.07, 6.45) is 3.96. The van der Waals surface area contributed by atoms with E-state index in [1.54, 1.807) is 0 Å². The molecule has 1 aliphatic rings. The summed E-state index contributed by atoms with van der Waals surface area (Å²) < 4.78 is 0. The molecule has 0 amide bonds. The molecule has 1 saturated heterocycles. The molecule has 1 heterocycles. The maximum absolute atomic E-state index is 10.5. The highest BCUT2D eigenvalue weighted by molar-refractivity contribution is 5.66. The number of aliphatic carboxylic acids is 1. The zero-order valence-corrected chi connectivity index (χ0v) is 10.3. The number of rotatable bonds is 6. The van der Waals surface area contributed by atoms with E-state index >= 15 is 0 Å². The van der Waals surface area contributed by atoms with E-state index in [4.69, 9.17) is 5.11 Å². The van der Waals surface area contributed by atoms with Crippen molar-refractivity contribution in [3.05, 3.63) is 0 Å². The Kier molecular flexibility index (Phi) is 6.42. The molecule has 0 unspecified atom stereocenters. The molecule has 1 N–H and O–H groups in total. The van der Waals surface area contributed by atoms with Crippen LogP contribution in [-0.4, -0.2) is 60.1 Å². The lowest BCUT2D eigenvalue weighted by Gasteiger charge is -2.20. The summed E-state index contributed by atoms with van der Waals surface area (Å²) in [6, 6.07) is 0. The lowest BCUT2D eigenvalue weighted by atomic mass is 10.3. The van der Waals surface area contributed by atoms with Gasteiger partial charge in [-0.05, 0) is 32.5 Å². The fourth-order valence-corrected chi connectivity index (χ4v) is 2.11. The third-order valence-corrected chi connectivity index (χ3v) is 3.15. The first-order valence-electron chi connectivity index (χ1n) is 6.39. The van der Waals surface area contributed by atoms with Crippen LogP contribution in [0.15, 0.2) is 0 Å². The number of unbranched alkanes of at least 4 members (excludes halogenated alkanes) is 1.